The van der Waals surface area contributed by atoms with Gasteiger partial charge in [0.15, 0.2) is 0 Å². The van der Waals surface area contributed by atoms with Crippen LogP contribution in [0.3, 0.4) is 0 Å². The molecule has 1 aromatic heterocycles. The van der Waals surface area contributed by atoms with Crippen molar-refractivity contribution in [1.82, 2.24) is 4.98 Å². The molecule has 2 fully saturated rings. The number of nitrogen functional groups attached to an aromatic ring is 1. The lowest BCUT2D eigenvalue weighted by molar-refractivity contribution is 0.284. The summed E-state index contributed by atoms with van der Waals surface area (Å²) in [5.41, 5.74) is 13.3. The Bertz CT molecular complexity index is 391. The maximum atomic E-state index is 6.37. The van der Waals surface area contributed by atoms with Crippen LogP contribution in [0.4, 0.5) is 5.82 Å². The monoisotopic (exact) mass is 217 g/mol. The molecule has 0 spiro atoms. The Morgan fingerprint density at radius 3 is 2.81 bits per heavy atom. The van der Waals surface area contributed by atoms with Crippen LogP contribution in [0.1, 0.15) is 37.3 Å². The highest BCUT2D eigenvalue weighted by Gasteiger charge is 2.42. The molecule has 4 N–H and O–H groups in total. The van der Waals surface area contributed by atoms with Gasteiger partial charge in [-0.1, -0.05) is 12.5 Å². The Hall–Kier alpha value is -1.09. The molecule has 0 aliphatic heterocycles. The Morgan fingerprint density at radius 2 is 2.19 bits per heavy atom. The lowest BCUT2D eigenvalue weighted by Crippen LogP contribution is -2.26. The second-order valence-electron chi connectivity index (χ2n) is 5.34. The maximum Gasteiger partial charge on any atom is 0.128 e. The van der Waals surface area contributed by atoms with Crippen molar-refractivity contribution in [3.8, 4) is 0 Å². The van der Waals surface area contributed by atoms with E-state index >= 15 is 0 Å². The van der Waals surface area contributed by atoms with E-state index in [-0.39, 0.29) is 6.04 Å². The highest BCUT2D eigenvalue weighted by atomic mass is 14.8. The van der Waals surface area contributed by atoms with E-state index in [0.29, 0.717) is 11.7 Å². The fourth-order valence-electron chi connectivity index (χ4n) is 3.68. The first-order valence-electron chi connectivity index (χ1n) is 6.21. The molecule has 2 bridgehead atoms. The first kappa shape index (κ1) is 10.1. The number of aromatic nitrogens is 1. The summed E-state index contributed by atoms with van der Waals surface area (Å²) < 4.78 is 0. The SMILES string of the molecule is Nc1ncccc1C(N)C1CC2CCC1C2. The maximum absolute atomic E-state index is 6.37. The second kappa shape index (κ2) is 3.74. The molecule has 3 nitrogen and oxygen atoms in total. The van der Waals surface area contributed by atoms with Crippen LogP contribution >= 0.6 is 0 Å². The number of nitrogens with zero attached hydrogens (tertiary/aromatic N) is 1. The number of nitrogens with two attached hydrogens (primary N) is 2. The van der Waals surface area contributed by atoms with E-state index in [0.717, 1.165) is 17.4 Å². The summed E-state index contributed by atoms with van der Waals surface area (Å²) in [4.78, 5) is 4.13. The van der Waals surface area contributed by atoms with Gasteiger partial charge in [0, 0.05) is 17.8 Å². The zero-order chi connectivity index (χ0) is 11.1. The van der Waals surface area contributed by atoms with Crippen LogP contribution in [-0.2, 0) is 0 Å². The van der Waals surface area contributed by atoms with E-state index in [4.69, 9.17) is 11.5 Å². The van der Waals surface area contributed by atoms with E-state index in [2.05, 4.69) is 4.98 Å². The number of rotatable bonds is 2. The van der Waals surface area contributed by atoms with E-state index in [1.165, 1.54) is 25.7 Å². The molecule has 16 heavy (non-hydrogen) atoms. The largest absolute Gasteiger partial charge is 0.383 e. The van der Waals surface area contributed by atoms with E-state index < -0.39 is 0 Å². The number of anilines is 1. The molecule has 0 radical (unpaired) electrons. The van der Waals surface area contributed by atoms with Crippen LogP contribution in [0, 0.1) is 17.8 Å². The molecular formula is C13H19N3. The fourth-order valence-corrected chi connectivity index (χ4v) is 3.68. The number of hydrogen-bond donors (Lipinski definition) is 2. The lowest BCUT2D eigenvalue weighted by Gasteiger charge is -2.28. The van der Waals surface area contributed by atoms with Crippen LogP contribution in [0.15, 0.2) is 18.3 Å². The van der Waals surface area contributed by atoms with Crippen LogP contribution in [-0.4, -0.2) is 4.98 Å². The predicted molar refractivity (Wildman–Crippen MR) is 64.5 cm³/mol. The molecule has 4 atom stereocenters. The van der Waals surface area contributed by atoms with Gasteiger partial charge in [0.05, 0.1) is 0 Å². The summed E-state index contributed by atoms with van der Waals surface area (Å²) in [6.45, 7) is 0. The van der Waals surface area contributed by atoms with Gasteiger partial charge < -0.3 is 11.5 Å². The van der Waals surface area contributed by atoms with Crippen LogP contribution < -0.4 is 11.5 Å². The fraction of sp³-hybridized carbons (Fsp3) is 0.615. The lowest BCUT2D eigenvalue weighted by atomic mass is 9.81. The zero-order valence-electron chi connectivity index (χ0n) is 9.47. The van der Waals surface area contributed by atoms with Crippen LogP contribution in [0.2, 0.25) is 0 Å². The Kier molecular flexibility index (Phi) is 2.36. The zero-order valence-corrected chi connectivity index (χ0v) is 9.47. The number of pyridine rings is 1. The average molecular weight is 217 g/mol. The Morgan fingerprint density at radius 1 is 1.31 bits per heavy atom. The number of fused-ring (bicyclic) bond motifs is 2. The molecular weight excluding hydrogens is 198 g/mol. The van der Waals surface area contributed by atoms with Gasteiger partial charge in [0.2, 0.25) is 0 Å². The van der Waals surface area contributed by atoms with Crippen molar-refractivity contribution >= 4 is 5.82 Å². The molecule has 3 heteroatoms. The predicted octanol–water partition coefficient (Wildman–Crippen LogP) is 2.10. The third-order valence-electron chi connectivity index (χ3n) is 4.48. The summed E-state index contributed by atoms with van der Waals surface area (Å²) in [6.07, 6.45) is 7.19. The van der Waals surface area contributed by atoms with Gasteiger partial charge in [-0.2, -0.15) is 0 Å². The Labute approximate surface area is 96.2 Å². The van der Waals surface area contributed by atoms with Crippen molar-refractivity contribution in [3.63, 3.8) is 0 Å². The van der Waals surface area contributed by atoms with Gasteiger partial charge in [0.1, 0.15) is 5.82 Å². The topological polar surface area (TPSA) is 64.9 Å². The molecule has 86 valence electrons. The molecule has 2 saturated carbocycles. The van der Waals surface area contributed by atoms with Crippen molar-refractivity contribution in [2.45, 2.75) is 31.7 Å². The van der Waals surface area contributed by atoms with E-state index in [1.807, 2.05) is 12.1 Å². The van der Waals surface area contributed by atoms with E-state index in [9.17, 15) is 0 Å². The molecule has 1 heterocycles. The molecule has 1 aromatic rings. The molecule has 0 saturated heterocycles. The quantitative estimate of drug-likeness (QED) is 0.797. The smallest absolute Gasteiger partial charge is 0.128 e. The standard InChI is InChI=1S/C13H19N3/c14-12(10-2-1-5-16-13(10)15)11-7-8-3-4-9(11)6-8/h1-2,5,8-9,11-12H,3-4,6-7,14H2,(H2,15,16). The summed E-state index contributed by atoms with van der Waals surface area (Å²) in [7, 11) is 0. The molecule has 0 amide bonds. The van der Waals surface area contributed by atoms with Crippen LogP contribution in [0.5, 0.6) is 0 Å². The van der Waals surface area contributed by atoms with Gasteiger partial charge in [0.25, 0.3) is 0 Å². The molecule has 2 aliphatic rings. The van der Waals surface area contributed by atoms with Crippen molar-refractivity contribution in [2.24, 2.45) is 23.5 Å². The van der Waals surface area contributed by atoms with Crippen molar-refractivity contribution in [3.05, 3.63) is 23.9 Å². The van der Waals surface area contributed by atoms with Crippen LogP contribution in [0.25, 0.3) is 0 Å². The molecule has 3 rings (SSSR count). The summed E-state index contributed by atoms with van der Waals surface area (Å²) in [5.74, 6) is 3.00. The minimum atomic E-state index is 0.0870. The summed E-state index contributed by atoms with van der Waals surface area (Å²) in [5, 5.41) is 0. The third-order valence-corrected chi connectivity index (χ3v) is 4.48. The van der Waals surface area contributed by atoms with Gasteiger partial charge in [-0.05, 0) is 43.1 Å². The van der Waals surface area contributed by atoms with Gasteiger partial charge >= 0.3 is 0 Å². The summed E-state index contributed by atoms with van der Waals surface area (Å²) in [6, 6.07) is 4.04. The minimum absolute atomic E-state index is 0.0870. The minimum Gasteiger partial charge on any atom is -0.383 e. The van der Waals surface area contributed by atoms with Gasteiger partial charge in [-0.3, -0.25) is 0 Å². The molecule has 4 unspecified atom stereocenters. The normalized spacial score (nSPS) is 34.2. The third kappa shape index (κ3) is 1.50. The summed E-state index contributed by atoms with van der Waals surface area (Å²) >= 11 is 0. The van der Waals surface area contributed by atoms with E-state index in [1.54, 1.807) is 6.20 Å². The number of hydrogen-bond acceptors (Lipinski definition) is 3. The van der Waals surface area contributed by atoms with Crippen molar-refractivity contribution < 1.29 is 0 Å². The second-order valence-corrected chi connectivity index (χ2v) is 5.34. The van der Waals surface area contributed by atoms with Gasteiger partial charge in [-0.25, -0.2) is 4.98 Å². The molecule has 2 aliphatic carbocycles. The molecule has 0 aromatic carbocycles. The first-order chi connectivity index (χ1) is 7.75. The highest BCUT2D eigenvalue weighted by Crippen LogP contribution is 2.52. The van der Waals surface area contributed by atoms with Gasteiger partial charge in [-0.15, -0.1) is 0 Å². The first-order valence-corrected chi connectivity index (χ1v) is 6.21. The van der Waals surface area contributed by atoms with Crippen molar-refractivity contribution in [1.29, 1.82) is 0 Å². The average Bonchev–Trinajstić information content (AvgIpc) is 2.90. The Balaban J connectivity index is 1.83. The highest BCUT2D eigenvalue weighted by molar-refractivity contribution is 5.41. The van der Waals surface area contributed by atoms with Crippen molar-refractivity contribution in [2.75, 3.05) is 5.73 Å².